The normalized spacial score (nSPS) is 10.4. The molecule has 17 heavy (non-hydrogen) atoms. The van der Waals surface area contributed by atoms with Gasteiger partial charge < -0.3 is 15.2 Å². The van der Waals surface area contributed by atoms with Crippen LogP contribution in [0.3, 0.4) is 0 Å². The highest BCUT2D eigenvalue weighted by Gasteiger charge is 2.08. The van der Waals surface area contributed by atoms with Crippen molar-refractivity contribution in [3.05, 3.63) is 23.9 Å². The predicted molar refractivity (Wildman–Crippen MR) is 64.0 cm³/mol. The molecule has 5 heteroatoms. The maximum absolute atomic E-state index is 11.6. The molecule has 0 spiro atoms. The fraction of sp³-hybridized carbons (Fsp3) is 0.500. The van der Waals surface area contributed by atoms with Gasteiger partial charge in [-0.05, 0) is 26.3 Å². The number of carbonyl (C=O) groups excluding carboxylic acids is 1. The molecule has 5 nitrogen and oxygen atoms in total. The van der Waals surface area contributed by atoms with E-state index in [-0.39, 0.29) is 18.6 Å². The van der Waals surface area contributed by atoms with E-state index in [1.54, 1.807) is 18.2 Å². The van der Waals surface area contributed by atoms with Crippen molar-refractivity contribution < 1.29 is 14.6 Å². The van der Waals surface area contributed by atoms with Crippen LogP contribution in [-0.4, -0.2) is 35.3 Å². The second kappa shape index (κ2) is 6.85. The molecule has 1 aromatic rings. The van der Waals surface area contributed by atoms with E-state index < -0.39 is 0 Å². The van der Waals surface area contributed by atoms with E-state index in [1.165, 1.54) is 0 Å². The first-order valence-corrected chi connectivity index (χ1v) is 5.66. The van der Waals surface area contributed by atoms with Crippen molar-refractivity contribution in [1.82, 2.24) is 10.3 Å². The number of aliphatic hydroxyl groups excluding tert-OH is 1. The molecule has 0 aliphatic rings. The molecule has 0 fully saturated rings. The van der Waals surface area contributed by atoms with E-state index in [2.05, 4.69) is 10.3 Å². The largest absolute Gasteiger partial charge is 0.475 e. The number of pyridine rings is 1. The first-order valence-electron chi connectivity index (χ1n) is 5.66. The Morgan fingerprint density at radius 3 is 2.94 bits per heavy atom. The van der Waals surface area contributed by atoms with Gasteiger partial charge in [0.25, 0.3) is 5.91 Å². The third kappa shape index (κ3) is 4.82. The Morgan fingerprint density at radius 2 is 2.29 bits per heavy atom. The average Bonchev–Trinajstić information content (AvgIpc) is 2.28. The molecular formula is C12H18N2O3. The molecule has 0 aliphatic heterocycles. The van der Waals surface area contributed by atoms with Gasteiger partial charge in [-0.3, -0.25) is 4.79 Å². The van der Waals surface area contributed by atoms with Crippen molar-refractivity contribution in [2.45, 2.75) is 26.4 Å². The van der Waals surface area contributed by atoms with Crippen LogP contribution in [0.5, 0.6) is 5.88 Å². The summed E-state index contributed by atoms with van der Waals surface area (Å²) in [7, 11) is 0. The van der Waals surface area contributed by atoms with Gasteiger partial charge in [0.15, 0.2) is 0 Å². The number of aromatic nitrogens is 1. The molecule has 1 heterocycles. The highest BCUT2D eigenvalue weighted by Crippen LogP contribution is 2.09. The summed E-state index contributed by atoms with van der Waals surface area (Å²) in [6.45, 7) is 4.29. The summed E-state index contributed by atoms with van der Waals surface area (Å²) >= 11 is 0. The number of amides is 1. The lowest BCUT2D eigenvalue weighted by Gasteiger charge is -2.09. The van der Waals surface area contributed by atoms with Gasteiger partial charge in [-0.25, -0.2) is 4.98 Å². The molecule has 0 aliphatic carbocycles. The van der Waals surface area contributed by atoms with Crippen LogP contribution in [0, 0.1) is 0 Å². The maximum atomic E-state index is 11.6. The molecule has 0 bridgehead atoms. The van der Waals surface area contributed by atoms with Gasteiger partial charge in [0.1, 0.15) is 5.69 Å². The molecule has 0 radical (unpaired) electrons. The molecule has 0 unspecified atom stereocenters. The van der Waals surface area contributed by atoms with E-state index in [9.17, 15) is 4.79 Å². The first-order chi connectivity index (χ1) is 8.13. The number of nitrogens with zero attached hydrogens (tertiary/aromatic N) is 1. The Labute approximate surface area is 101 Å². The van der Waals surface area contributed by atoms with Gasteiger partial charge in [-0.15, -0.1) is 0 Å². The van der Waals surface area contributed by atoms with E-state index in [0.29, 0.717) is 24.5 Å². The minimum absolute atomic E-state index is 0.0233. The average molecular weight is 238 g/mol. The van der Waals surface area contributed by atoms with Crippen LogP contribution in [0.25, 0.3) is 0 Å². The lowest BCUT2D eigenvalue weighted by atomic mass is 10.3. The van der Waals surface area contributed by atoms with Crippen LogP contribution >= 0.6 is 0 Å². The van der Waals surface area contributed by atoms with Crippen molar-refractivity contribution >= 4 is 5.91 Å². The second-order valence-corrected chi connectivity index (χ2v) is 3.86. The van der Waals surface area contributed by atoms with Gasteiger partial charge in [0.05, 0.1) is 6.10 Å². The summed E-state index contributed by atoms with van der Waals surface area (Å²) in [5.41, 5.74) is 0.320. The molecular weight excluding hydrogens is 220 g/mol. The number of ether oxygens (including phenoxy) is 1. The van der Waals surface area contributed by atoms with Crippen molar-refractivity contribution in [1.29, 1.82) is 0 Å². The van der Waals surface area contributed by atoms with E-state index >= 15 is 0 Å². The number of rotatable bonds is 6. The molecule has 0 aromatic carbocycles. The molecule has 1 rings (SSSR count). The lowest BCUT2D eigenvalue weighted by Crippen LogP contribution is -2.26. The number of nitrogens with one attached hydrogen (secondary N) is 1. The van der Waals surface area contributed by atoms with Gasteiger partial charge in [0, 0.05) is 19.2 Å². The summed E-state index contributed by atoms with van der Waals surface area (Å²) in [5.74, 6) is 0.183. The summed E-state index contributed by atoms with van der Waals surface area (Å²) < 4.78 is 5.40. The summed E-state index contributed by atoms with van der Waals surface area (Å²) in [4.78, 5) is 15.7. The first kappa shape index (κ1) is 13.4. The van der Waals surface area contributed by atoms with E-state index in [0.717, 1.165) is 0 Å². The minimum Gasteiger partial charge on any atom is -0.475 e. The zero-order valence-electron chi connectivity index (χ0n) is 10.1. The molecule has 2 N–H and O–H groups in total. The predicted octanol–water partition coefficient (Wildman–Crippen LogP) is 0.981. The van der Waals surface area contributed by atoms with Gasteiger partial charge >= 0.3 is 0 Å². The Kier molecular flexibility index (Phi) is 5.42. The third-order valence-electron chi connectivity index (χ3n) is 1.93. The van der Waals surface area contributed by atoms with Gasteiger partial charge in [0.2, 0.25) is 5.88 Å². The zero-order valence-corrected chi connectivity index (χ0v) is 10.1. The van der Waals surface area contributed by atoms with Crippen LogP contribution < -0.4 is 10.1 Å². The minimum atomic E-state index is -0.257. The molecule has 94 valence electrons. The monoisotopic (exact) mass is 238 g/mol. The number of aliphatic hydroxyl groups is 1. The smallest absolute Gasteiger partial charge is 0.270 e. The molecule has 0 saturated carbocycles. The van der Waals surface area contributed by atoms with Crippen LogP contribution in [0.15, 0.2) is 18.2 Å². The molecule has 1 aromatic heterocycles. The van der Waals surface area contributed by atoms with Crippen molar-refractivity contribution in [2.75, 3.05) is 13.2 Å². The summed E-state index contributed by atoms with van der Waals surface area (Å²) in [6, 6.07) is 5.07. The third-order valence-corrected chi connectivity index (χ3v) is 1.93. The summed E-state index contributed by atoms with van der Waals surface area (Å²) in [5, 5.41) is 11.3. The van der Waals surface area contributed by atoms with E-state index in [1.807, 2.05) is 13.8 Å². The SMILES string of the molecule is CC(C)Oc1cccc(C(=O)NCCCO)n1. The Morgan fingerprint density at radius 1 is 1.53 bits per heavy atom. The molecule has 1 amide bonds. The highest BCUT2D eigenvalue weighted by atomic mass is 16.5. The fourth-order valence-corrected chi connectivity index (χ4v) is 1.22. The Balaban J connectivity index is 2.60. The van der Waals surface area contributed by atoms with Crippen LogP contribution in [0.2, 0.25) is 0 Å². The second-order valence-electron chi connectivity index (χ2n) is 3.86. The standard InChI is InChI=1S/C12H18N2O3/c1-9(2)17-11-6-3-5-10(14-11)12(16)13-7-4-8-15/h3,5-6,9,15H,4,7-8H2,1-2H3,(H,13,16). The molecule has 0 saturated heterocycles. The lowest BCUT2D eigenvalue weighted by molar-refractivity contribution is 0.0944. The number of hydrogen-bond acceptors (Lipinski definition) is 4. The Hall–Kier alpha value is -1.62. The fourth-order valence-electron chi connectivity index (χ4n) is 1.22. The van der Waals surface area contributed by atoms with Crippen molar-refractivity contribution in [2.24, 2.45) is 0 Å². The topological polar surface area (TPSA) is 71.5 Å². The van der Waals surface area contributed by atoms with Gasteiger partial charge in [-0.2, -0.15) is 0 Å². The van der Waals surface area contributed by atoms with Crippen molar-refractivity contribution in [3.63, 3.8) is 0 Å². The van der Waals surface area contributed by atoms with Crippen molar-refractivity contribution in [3.8, 4) is 5.88 Å². The Bertz CT molecular complexity index is 367. The maximum Gasteiger partial charge on any atom is 0.270 e. The molecule has 0 atom stereocenters. The van der Waals surface area contributed by atoms with Crippen LogP contribution in [0.4, 0.5) is 0 Å². The quantitative estimate of drug-likeness (QED) is 0.725. The zero-order chi connectivity index (χ0) is 12.7. The highest BCUT2D eigenvalue weighted by molar-refractivity contribution is 5.92. The van der Waals surface area contributed by atoms with Crippen LogP contribution in [0.1, 0.15) is 30.8 Å². The van der Waals surface area contributed by atoms with Gasteiger partial charge in [-0.1, -0.05) is 6.07 Å². The number of hydrogen-bond donors (Lipinski definition) is 2. The summed E-state index contributed by atoms with van der Waals surface area (Å²) in [6.07, 6.45) is 0.559. The number of carbonyl (C=O) groups is 1. The van der Waals surface area contributed by atoms with Crippen LogP contribution in [-0.2, 0) is 0 Å². The van der Waals surface area contributed by atoms with E-state index in [4.69, 9.17) is 9.84 Å².